The third-order valence-electron chi connectivity index (χ3n) is 5.22. The average molecular weight is 380 g/mol. The minimum absolute atomic E-state index is 0.0425. The second kappa shape index (κ2) is 7.84. The van der Waals surface area contributed by atoms with E-state index in [4.69, 9.17) is 5.73 Å². The maximum atomic E-state index is 12.8. The molecular formula is C20H24N6O2. The quantitative estimate of drug-likeness (QED) is 0.723. The van der Waals surface area contributed by atoms with Crippen molar-refractivity contribution in [3.05, 3.63) is 41.5 Å². The lowest BCUT2D eigenvalue weighted by Crippen LogP contribution is -2.37. The highest BCUT2D eigenvalue weighted by atomic mass is 16.2. The van der Waals surface area contributed by atoms with Crippen LogP contribution in [0.1, 0.15) is 36.3 Å². The fourth-order valence-corrected chi connectivity index (χ4v) is 3.76. The van der Waals surface area contributed by atoms with Gasteiger partial charge >= 0.3 is 0 Å². The summed E-state index contributed by atoms with van der Waals surface area (Å²) >= 11 is 0. The van der Waals surface area contributed by atoms with E-state index < -0.39 is 5.92 Å². The topological polar surface area (TPSA) is 113 Å². The first-order chi connectivity index (χ1) is 13.6. The fourth-order valence-electron chi connectivity index (χ4n) is 3.76. The van der Waals surface area contributed by atoms with Gasteiger partial charge in [0.1, 0.15) is 11.6 Å². The van der Waals surface area contributed by atoms with E-state index in [0.717, 1.165) is 37.9 Å². The van der Waals surface area contributed by atoms with Crippen molar-refractivity contribution < 1.29 is 9.59 Å². The molecule has 2 aliphatic rings. The summed E-state index contributed by atoms with van der Waals surface area (Å²) in [5.41, 5.74) is 7.85. The van der Waals surface area contributed by atoms with E-state index in [-0.39, 0.29) is 24.1 Å². The molecule has 2 amide bonds. The van der Waals surface area contributed by atoms with Gasteiger partial charge < -0.3 is 21.3 Å². The summed E-state index contributed by atoms with van der Waals surface area (Å²) in [5.74, 6) is -0.00672. The van der Waals surface area contributed by atoms with Crippen molar-refractivity contribution in [1.29, 1.82) is 0 Å². The minimum Gasteiger partial charge on any atom is -0.383 e. The molecule has 1 saturated heterocycles. The Morgan fingerprint density at radius 1 is 1.21 bits per heavy atom. The molecule has 146 valence electrons. The first-order valence-corrected chi connectivity index (χ1v) is 9.65. The molecule has 0 unspecified atom stereocenters. The number of amides is 2. The van der Waals surface area contributed by atoms with Crippen LogP contribution in [0, 0.1) is 0 Å². The minimum atomic E-state index is -0.674. The number of hydrogen-bond donors (Lipinski definition) is 3. The number of rotatable bonds is 5. The van der Waals surface area contributed by atoms with Crippen LogP contribution in [0.4, 0.5) is 17.6 Å². The molecular weight excluding hydrogens is 356 g/mol. The molecule has 2 aliphatic heterocycles. The van der Waals surface area contributed by atoms with E-state index in [1.54, 1.807) is 0 Å². The third-order valence-corrected chi connectivity index (χ3v) is 5.22. The summed E-state index contributed by atoms with van der Waals surface area (Å²) in [6.07, 6.45) is 2.93. The third kappa shape index (κ3) is 3.76. The maximum Gasteiger partial charge on any atom is 0.229 e. The molecule has 0 saturated carbocycles. The van der Waals surface area contributed by atoms with E-state index in [0.29, 0.717) is 23.9 Å². The maximum absolute atomic E-state index is 12.8. The molecule has 0 bridgehead atoms. The molecule has 3 heterocycles. The molecule has 1 fully saturated rings. The molecule has 1 aromatic heterocycles. The Balaban J connectivity index is 1.50. The average Bonchev–Trinajstić information content (AvgIpc) is 3.22. The van der Waals surface area contributed by atoms with Crippen LogP contribution in [0.3, 0.4) is 0 Å². The molecule has 0 spiro atoms. The Labute approximate surface area is 163 Å². The smallest absolute Gasteiger partial charge is 0.229 e. The van der Waals surface area contributed by atoms with Crippen molar-refractivity contribution in [2.75, 3.05) is 35.6 Å². The second-order valence-electron chi connectivity index (χ2n) is 7.20. The van der Waals surface area contributed by atoms with Crippen molar-refractivity contribution in [2.24, 2.45) is 0 Å². The first kappa shape index (κ1) is 18.2. The van der Waals surface area contributed by atoms with Crippen molar-refractivity contribution in [1.82, 2.24) is 15.3 Å². The molecule has 0 aliphatic carbocycles. The molecule has 2 aromatic rings. The van der Waals surface area contributed by atoms with Gasteiger partial charge in [0.25, 0.3) is 0 Å². The summed E-state index contributed by atoms with van der Waals surface area (Å²) in [7, 11) is 0. The number of carbonyl (C=O) groups is 2. The molecule has 8 nitrogen and oxygen atoms in total. The Morgan fingerprint density at radius 3 is 2.71 bits per heavy atom. The van der Waals surface area contributed by atoms with Gasteiger partial charge in [-0.1, -0.05) is 30.3 Å². The van der Waals surface area contributed by atoms with Crippen molar-refractivity contribution in [2.45, 2.75) is 31.6 Å². The zero-order valence-electron chi connectivity index (χ0n) is 15.6. The number of hydrogen-bond acceptors (Lipinski definition) is 6. The van der Waals surface area contributed by atoms with Crippen molar-refractivity contribution in [3.8, 4) is 0 Å². The van der Waals surface area contributed by atoms with Gasteiger partial charge in [0.05, 0.1) is 11.5 Å². The summed E-state index contributed by atoms with van der Waals surface area (Å²) in [4.78, 5) is 35.9. The number of nitrogens with two attached hydrogens (primary N) is 1. The number of nitrogens with one attached hydrogen (secondary N) is 2. The Kier molecular flexibility index (Phi) is 5.10. The van der Waals surface area contributed by atoms with Crippen LogP contribution >= 0.6 is 0 Å². The van der Waals surface area contributed by atoms with Crippen LogP contribution < -0.4 is 21.3 Å². The lowest BCUT2D eigenvalue weighted by Gasteiger charge is -2.26. The molecule has 28 heavy (non-hydrogen) atoms. The highest BCUT2D eigenvalue weighted by Crippen LogP contribution is 2.36. The lowest BCUT2D eigenvalue weighted by molar-refractivity contribution is -0.126. The van der Waals surface area contributed by atoms with Crippen LogP contribution in [0.15, 0.2) is 30.3 Å². The number of benzene rings is 1. The summed E-state index contributed by atoms with van der Waals surface area (Å²) in [6, 6.07) is 9.92. The molecule has 4 rings (SSSR count). The van der Waals surface area contributed by atoms with Crippen molar-refractivity contribution in [3.63, 3.8) is 0 Å². The van der Waals surface area contributed by atoms with E-state index in [1.165, 1.54) is 0 Å². The Bertz CT molecular complexity index is 880. The van der Waals surface area contributed by atoms with Gasteiger partial charge in [0.15, 0.2) is 0 Å². The normalized spacial score (nSPS) is 18.5. The van der Waals surface area contributed by atoms with Crippen LogP contribution in [0.2, 0.25) is 0 Å². The van der Waals surface area contributed by atoms with Gasteiger partial charge in [-0.15, -0.1) is 0 Å². The fraction of sp³-hybridized carbons (Fsp3) is 0.400. The zero-order chi connectivity index (χ0) is 19.5. The Morgan fingerprint density at radius 2 is 1.96 bits per heavy atom. The van der Waals surface area contributed by atoms with Crippen LogP contribution in [0.25, 0.3) is 0 Å². The monoisotopic (exact) mass is 380 g/mol. The van der Waals surface area contributed by atoms with E-state index in [2.05, 4.69) is 20.6 Å². The number of aromatic nitrogens is 2. The van der Waals surface area contributed by atoms with E-state index >= 15 is 0 Å². The lowest BCUT2D eigenvalue weighted by atomic mass is 9.92. The predicted molar refractivity (Wildman–Crippen MR) is 107 cm³/mol. The first-order valence-electron chi connectivity index (χ1n) is 9.65. The number of nitrogens with zero attached hydrogens (tertiary/aromatic N) is 3. The Hall–Kier alpha value is -3.16. The number of anilines is 3. The van der Waals surface area contributed by atoms with Crippen molar-refractivity contribution >= 4 is 29.4 Å². The SMILES string of the molecule is Nc1nc(N2CCCC2)nc2c1[C@@H](C(=O)NCCc1ccccc1)CC(=O)N2. The molecule has 1 aromatic carbocycles. The number of fused-ring (bicyclic) bond motifs is 1. The highest BCUT2D eigenvalue weighted by Gasteiger charge is 2.35. The zero-order valence-corrected chi connectivity index (χ0v) is 15.6. The summed E-state index contributed by atoms with van der Waals surface area (Å²) in [6.45, 7) is 2.23. The molecule has 1 atom stereocenters. The number of carbonyl (C=O) groups excluding carboxylic acids is 2. The predicted octanol–water partition coefficient (Wildman–Crippen LogP) is 1.44. The molecule has 8 heteroatoms. The van der Waals surface area contributed by atoms with Gasteiger partial charge in [-0.05, 0) is 24.8 Å². The van der Waals surface area contributed by atoms with Gasteiger partial charge in [-0.3, -0.25) is 9.59 Å². The van der Waals surface area contributed by atoms with E-state index in [9.17, 15) is 9.59 Å². The summed E-state index contributed by atoms with van der Waals surface area (Å²) < 4.78 is 0. The van der Waals surface area contributed by atoms with Gasteiger partial charge in [0.2, 0.25) is 17.8 Å². The standard InChI is InChI=1S/C20H24N6O2/c21-17-16-14(19(28)22-9-8-13-6-2-1-3-7-13)12-15(27)23-18(16)25-20(24-17)26-10-4-5-11-26/h1-3,6-7,14H,4-5,8-12H2,(H,22,28)(H3,21,23,24,25,27)/t14-/m0/s1. The van der Waals surface area contributed by atoms with Crippen LogP contribution in [0.5, 0.6) is 0 Å². The van der Waals surface area contributed by atoms with Gasteiger partial charge in [-0.25, -0.2) is 0 Å². The van der Waals surface area contributed by atoms with Crippen LogP contribution in [-0.4, -0.2) is 41.4 Å². The largest absolute Gasteiger partial charge is 0.383 e. The van der Waals surface area contributed by atoms with Gasteiger partial charge in [-0.2, -0.15) is 9.97 Å². The van der Waals surface area contributed by atoms with E-state index in [1.807, 2.05) is 35.2 Å². The van der Waals surface area contributed by atoms with Gasteiger partial charge in [0, 0.05) is 26.1 Å². The summed E-state index contributed by atoms with van der Waals surface area (Å²) in [5, 5.41) is 5.67. The highest BCUT2D eigenvalue weighted by molar-refractivity contribution is 6.01. The number of nitrogen functional groups attached to an aromatic ring is 1. The van der Waals surface area contributed by atoms with Crippen LogP contribution in [-0.2, 0) is 16.0 Å². The molecule has 4 N–H and O–H groups in total. The second-order valence-corrected chi connectivity index (χ2v) is 7.20. The molecule has 0 radical (unpaired) electrons.